The molecule has 3 aliphatic rings. The molecule has 66 heavy (non-hydrogen) atoms. The zero-order valence-electron chi connectivity index (χ0n) is 37.0. The number of imide groups is 1. The summed E-state index contributed by atoms with van der Waals surface area (Å²) in [6.07, 6.45) is -11.7. The van der Waals surface area contributed by atoms with Crippen LogP contribution >= 0.6 is 0 Å². The molecule has 336 valence electrons. The molecule has 0 bridgehead atoms. The number of halogens is 6. The summed E-state index contributed by atoms with van der Waals surface area (Å²) in [6.45, 7) is 7.79. The Labute approximate surface area is 377 Å². The fourth-order valence-electron chi connectivity index (χ4n) is 11.1. The monoisotopic (exact) mass is 898 g/mol. The molecule has 0 atom stereocenters. The molecule has 1 heterocycles. The number of benzene rings is 6. The fourth-order valence-corrected chi connectivity index (χ4v) is 11.1. The van der Waals surface area contributed by atoms with E-state index in [9.17, 15) is 19.2 Å². The molecule has 12 heteroatoms. The molecule has 0 N–H and O–H groups in total. The van der Waals surface area contributed by atoms with E-state index < -0.39 is 68.8 Å². The van der Waals surface area contributed by atoms with Crippen LogP contribution in [0.1, 0.15) is 124 Å². The number of anilines is 2. The second-order valence-electron chi connectivity index (χ2n) is 17.6. The topological polar surface area (TPSA) is 74.8 Å². The number of carbonyl (C=O) groups is 4. The van der Waals surface area contributed by atoms with Crippen molar-refractivity contribution < 1.29 is 45.5 Å². The molecule has 0 spiro atoms. The molecule has 0 saturated carbocycles. The Balaban J connectivity index is 1.23. The summed E-state index contributed by atoms with van der Waals surface area (Å²) in [4.78, 5) is 57.3. The van der Waals surface area contributed by atoms with Crippen molar-refractivity contribution in [2.75, 3.05) is 23.9 Å². The van der Waals surface area contributed by atoms with Gasteiger partial charge in [-0.2, -0.15) is 26.3 Å². The molecule has 0 fully saturated rings. The number of aryl methyl sites for hydroxylation is 4. The summed E-state index contributed by atoms with van der Waals surface area (Å²) in [6, 6.07) is 28.4. The number of carbonyl (C=O) groups excluding carboxylic acids is 4. The van der Waals surface area contributed by atoms with Gasteiger partial charge in [0.05, 0.1) is 22.2 Å². The van der Waals surface area contributed by atoms with E-state index in [1.807, 2.05) is 57.4 Å². The van der Waals surface area contributed by atoms with Crippen molar-refractivity contribution in [3.05, 3.63) is 187 Å². The first-order chi connectivity index (χ1) is 31.2. The quantitative estimate of drug-likeness (QED) is 0.112. The van der Waals surface area contributed by atoms with Crippen LogP contribution in [0.2, 0.25) is 0 Å². The fraction of sp³-hybridized carbons (Fsp3) is 0.259. The first kappa shape index (κ1) is 44.4. The third kappa shape index (κ3) is 6.09. The van der Waals surface area contributed by atoms with Crippen LogP contribution in [0.3, 0.4) is 0 Å². The van der Waals surface area contributed by atoms with Gasteiger partial charge >= 0.3 is 12.4 Å². The third-order valence-corrected chi connectivity index (χ3v) is 13.8. The van der Waals surface area contributed by atoms with Crippen molar-refractivity contribution in [1.29, 1.82) is 0 Å². The zero-order chi connectivity index (χ0) is 47.4. The van der Waals surface area contributed by atoms with Crippen LogP contribution in [0.4, 0.5) is 37.7 Å². The van der Waals surface area contributed by atoms with E-state index in [1.165, 1.54) is 0 Å². The molecule has 0 aromatic heterocycles. The van der Waals surface area contributed by atoms with Crippen LogP contribution < -0.4 is 9.80 Å². The number of fused-ring (bicyclic) bond motifs is 5. The highest BCUT2D eigenvalue weighted by atomic mass is 19.4. The first-order valence-electron chi connectivity index (χ1n) is 21.8. The van der Waals surface area contributed by atoms with Gasteiger partial charge in [-0.05, 0) is 112 Å². The molecule has 9 rings (SSSR count). The normalized spacial score (nSPS) is 15.5. The molecular weight excluding hydrogens is 855 g/mol. The van der Waals surface area contributed by atoms with Gasteiger partial charge in [-0.1, -0.05) is 105 Å². The van der Waals surface area contributed by atoms with Crippen molar-refractivity contribution in [3.8, 4) is 11.1 Å². The highest BCUT2D eigenvalue weighted by Gasteiger charge is 2.73. The van der Waals surface area contributed by atoms with E-state index in [0.717, 1.165) is 73.6 Å². The van der Waals surface area contributed by atoms with Gasteiger partial charge in [-0.15, -0.1) is 0 Å². The summed E-state index contributed by atoms with van der Waals surface area (Å²) < 4.78 is 92.7. The number of ketones is 2. The maximum Gasteiger partial charge on any atom is 0.411 e. The lowest BCUT2D eigenvalue weighted by molar-refractivity contribution is -0.288. The maximum absolute atomic E-state index is 15.5. The molecule has 1 aliphatic heterocycles. The van der Waals surface area contributed by atoms with Crippen LogP contribution in [0, 0.1) is 13.8 Å². The standard InChI is InChI=1S/C54H44F6N2O4/c1-7-31-25-35(23-29(3)47(31)61(5)6)51(43-15-11-9-13-37(43)38-14-10-12-16-44(38)51)36-24-30(4)48(32(8-2)26-36)62-49(65)40-20-18-34(28-42(40)50(62)66)52(53(55,56)57,54(58,59)60)33-17-19-39-41(27-33)46(64)22-21-45(39)63/h9-20,23-28H,7-8,21-22H2,1-6H3. The minimum atomic E-state index is -6.07. The second-order valence-corrected chi connectivity index (χ2v) is 17.6. The molecule has 0 saturated heterocycles. The number of hydrogen-bond donors (Lipinski definition) is 0. The van der Waals surface area contributed by atoms with Gasteiger partial charge in [-0.3, -0.25) is 19.2 Å². The summed E-state index contributed by atoms with van der Waals surface area (Å²) in [5, 5.41) is 0. The molecular formula is C54H44F6N2O4. The number of alkyl halides is 6. The SMILES string of the molecule is CCc1cc(C2(c3cc(C)c(N4C(=O)c5ccc(C(c6ccc7c(c6)C(=O)CCC7=O)(C(F)(F)F)C(F)(F)F)cc5C4=O)c(CC)c3)c3ccccc3-c3ccccc32)cc(C)c1N(C)C. The Hall–Kier alpha value is -6.82. The minimum Gasteiger partial charge on any atom is -0.377 e. The van der Waals surface area contributed by atoms with Gasteiger partial charge in [0.15, 0.2) is 11.6 Å². The highest BCUT2D eigenvalue weighted by molar-refractivity contribution is 6.35. The van der Waals surface area contributed by atoms with Crippen LogP contribution in [-0.2, 0) is 23.7 Å². The van der Waals surface area contributed by atoms with Gasteiger partial charge in [0.2, 0.25) is 5.41 Å². The minimum absolute atomic E-state index is 0.188. The largest absolute Gasteiger partial charge is 0.411 e. The summed E-state index contributed by atoms with van der Waals surface area (Å²) in [5.74, 6) is -3.33. The van der Waals surface area contributed by atoms with E-state index in [0.29, 0.717) is 41.8 Å². The van der Waals surface area contributed by atoms with Gasteiger partial charge in [-0.25, -0.2) is 4.90 Å². The molecule has 2 amide bonds. The van der Waals surface area contributed by atoms with E-state index in [-0.39, 0.29) is 29.7 Å². The Morgan fingerprint density at radius 1 is 0.545 bits per heavy atom. The number of nitrogens with zero attached hydrogens (tertiary/aromatic N) is 2. The first-order valence-corrected chi connectivity index (χ1v) is 21.8. The Morgan fingerprint density at radius 2 is 1.02 bits per heavy atom. The van der Waals surface area contributed by atoms with Crippen LogP contribution in [0.25, 0.3) is 11.1 Å². The number of amides is 2. The molecule has 6 aromatic rings. The van der Waals surface area contributed by atoms with E-state index in [4.69, 9.17) is 0 Å². The molecule has 2 aliphatic carbocycles. The van der Waals surface area contributed by atoms with Gasteiger partial charge < -0.3 is 4.90 Å². The summed E-state index contributed by atoms with van der Waals surface area (Å²) in [7, 11) is 4.02. The average Bonchev–Trinajstić information content (AvgIpc) is 3.70. The number of rotatable bonds is 8. The van der Waals surface area contributed by atoms with E-state index >= 15 is 26.3 Å². The van der Waals surface area contributed by atoms with Crippen molar-refractivity contribution in [2.24, 2.45) is 0 Å². The lowest BCUT2D eigenvalue weighted by Crippen LogP contribution is -2.55. The molecule has 0 radical (unpaired) electrons. The summed E-state index contributed by atoms with van der Waals surface area (Å²) >= 11 is 0. The summed E-state index contributed by atoms with van der Waals surface area (Å²) in [5.41, 5.74) is 0.406. The van der Waals surface area contributed by atoms with Gasteiger partial charge in [0.1, 0.15) is 0 Å². The lowest BCUT2D eigenvalue weighted by atomic mass is 9.66. The maximum atomic E-state index is 15.5. The molecule has 0 unspecified atom stereocenters. The van der Waals surface area contributed by atoms with Gasteiger partial charge in [0, 0.05) is 43.8 Å². The zero-order valence-corrected chi connectivity index (χ0v) is 37.0. The Kier molecular flexibility index (Phi) is 10.3. The number of hydrogen-bond acceptors (Lipinski definition) is 5. The van der Waals surface area contributed by atoms with Crippen molar-refractivity contribution in [1.82, 2.24) is 0 Å². The highest BCUT2D eigenvalue weighted by Crippen LogP contribution is 2.59. The molecule has 6 aromatic carbocycles. The molecule has 6 nitrogen and oxygen atoms in total. The van der Waals surface area contributed by atoms with E-state index in [2.05, 4.69) is 55.1 Å². The van der Waals surface area contributed by atoms with Crippen LogP contribution in [0.15, 0.2) is 109 Å². The van der Waals surface area contributed by atoms with Crippen molar-refractivity contribution in [2.45, 2.75) is 76.6 Å². The Bertz CT molecular complexity index is 3030. The lowest BCUT2D eigenvalue weighted by Gasteiger charge is -2.38. The average molecular weight is 899 g/mol. The second kappa shape index (κ2) is 15.4. The number of Topliss-reactive ketones (excluding diaryl/α,β-unsaturated/α-hetero) is 2. The van der Waals surface area contributed by atoms with Crippen LogP contribution in [0.5, 0.6) is 0 Å². The predicted octanol–water partition coefficient (Wildman–Crippen LogP) is 12.2. The smallest absolute Gasteiger partial charge is 0.377 e. The third-order valence-electron chi connectivity index (χ3n) is 13.8. The predicted molar refractivity (Wildman–Crippen MR) is 241 cm³/mol. The van der Waals surface area contributed by atoms with Crippen molar-refractivity contribution in [3.63, 3.8) is 0 Å². The Morgan fingerprint density at radius 3 is 1.55 bits per heavy atom. The van der Waals surface area contributed by atoms with Gasteiger partial charge in [0.25, 0.3) is 11.8 Å². The van der Waals surface area contributed by atoms with E-state index in [1.54, 1.807) is 6.92 Å². The van der Waals surface area contributed by atoms with Crippen LogP contribution in [-0.4, -0.2) is 49.8 Å². The van der Waals surface area contributed by atoms with Crippen molar-refractivity contribution >= 4 is 34.8 Å².